The number of ether oxygens (including phenoxy) is 2. The zero-order valence-electron chi connectivity index (χ0n) is 14.8. The van der Waals surface area contributed by atoms with E-state index in [0.717, 1.165) is 63.2 Å². The molecule has 3 heterocycles. The van der Waals surface area contributed by atoms with Gasteiger partial charge in [-0.2, -0.15) is 0 Å². The largest absolute Gasteiger partial charge is 0.463 e. The van der Waals surface area contributed by atoms with Crippen LogP contribution in [0.5, 0.6) is 0 Å². The maximum absolute atomic E-state index is 11.6. The van der Waals surface area contributed by atoms with Crippen LogP contribution in [0.15, 0.2) is 10.5 Å². The van der Waals surface area contributed by atoms with Crippen molar-refractivity contribution in [1.29, 1.82) is 0 Å². The second-order valence-corrected chi connectivity index (χ2v) is 6.85. The van der Waals surface area contributed by atoms with E-state index in [0.29, 0.717) is 5.76 Å². The number of carbonyl (C=O) groups excluding carboxylic acids is 1. The number of aryl methyl sites for hydroxylation is 1. The molecule has 1 aromatic rings. The summed E-state index contributed by atoms with van der Waals surface area (Å²) in [6, 6.07) is 1.95. The predicted octanol–water partition coefficient (Wildman–Crippen LogP) is 1.92. The summed E-state index contributed by atoms with van der Waals surface area (Å²) in [4.78, 5) is 16.6. The van der Waals surface area contributed by atoms with Crippen LogP contribution in [0.2, 0.25) is 0 Å². The number of carbonyl (C=O) groups is 1. The molecule has 1 aromatic heterocycles. The Morgan fingerprint density at radius 3 is 2.58 bits per heavy atom. The monoisotopic (exact) mass is 336 g/mol. The van der Waals surface area contributed by atoms with Gasteiger partial charge in [0.05, 0.1) is 26.9 Å². The first kappa shape index (κ1) is 17.5. The molecular formula is C18H28N2O4. The fourth-order valence-electron chi connectivity index (χ4n) is 3.62. The first-order chi connectivity index (χ1) is 11.7. The second-order valence-electron chi connectivity index (χ2n) is 6.85. The molecule has 0 aliphatic carbocycles. The van der Waals surface area contributed by atoms with Gasteiger partial charge in [0.25, 0.3) is 0 Å². The summed E-state index contributed by atoms with van der Waals surface area (Å²) in [5.74, 6) is 1.56. The summed E-state index contributed by atoms with van der Waals surface area (Å²) in [7, 11) is 1.38. The lowest BCUT2D eigenvalue weighted by molar-refractivity contribution is 0.0239. The van der Waals surface area contributed by atoms with Gasteiger partial charge in [0, 0.05) is 25.2 Å². The molecule has 0 aromatic carbocycles. The number of morpholine rings is 1. The Labute approximate surface area is 143 Å². The van der Waals surface area contributed by atoms with Gasteiger partial charge in [0.1, 0.15) is 5.76 Å². The number of likely N-dealkylation sites (tertiary alicyclic amines) is 1. The van der Waals surface area contributed by atoms with E-state index in [1.807, 2.05) is 13.0 Å². The van der Waals surface area contributed by atoms with Crippen LogP contribution in [0.4, 0.5) is 0 Å². The molecule has 0 unspecified atom stereocenters. The van der Waals surface area contributed by atoms with Gasteiger partial charge in [-0.3, -0.25) is 9.80 Å². The molecule has 0 spiro atoms. The summed E-state index contributed by atoms with van der Waals surface area (Å²) in [5.41, 5.74) is 0.846. The van der Waals surface area contributed by atoms with Gasteiger partial charge in [-0.25, -0.2) is 4.79 Å². The summed E-state index contributed by atoms with van der Waals surface area (Å²) < 4.78 is 15.8. The van der Waals surface area contributed by atoms with Gasteiger partial charge in [-0.05, 0) is 44.8 Å². The van der Waals surface area contributed by atoms with E-state index in [1.54, 1.807) is 0 Å². The Kier molecular flexibility index (Phi) is 5.92. The Balaban J connectivity index is 1.46. The smallest absolute Gasteiger partial charge is 0.374 e. The maximum Gasteiger partial charge on any atom is 0.374 e. The number of rotatable bonds is 5. The SMILES string of the molecule is COC(=O)c1oc(CN2CCC(CN3CCOCC3)CC2)cc1C. The van der Waals surface area contributed by atoms with Crippen LogP contribution in [-0.4, -0.2) is 68.8 Å². The highest BCUT2D eigenvalue weighted by Gasteiger charge is 2.24. The van der Waals surface area contributed by atoms with Crippen molar-refractivity contribution in [3.63, 3.8) is 0 Å². The molecule has 0 amide bonds. The van der Waals surface area contributed by atoms with Crippen molar-refractivity contribution in [2.75, 3.05) is 53.0 Å². The Morgan fingerprint density at radius 1 is 1.21 bits per heavy atom. The molecule has 2 fully saturated rings. The zero-order chi connectivity index (χ0) is 16.9. The fourth-order valence-corrected chi connectivity index (χ4v) is 3.62. The number of hydrogen-bond donors (Lipinski definition) is 0. The standard InChI is InChI=1S/C18H28N2O4/c1-14-11-16(24-17(14)18(21)22-2)13-19-5-3-15(4-6-19)12-20-7-9-23-10-8-20/h11,15H,3-10,12-13H2,1-2H3. The highest BCUT2D eigenvalue weighted by molar-refractivity contribution is 5.87. The van der Waals surface area contributed by atoms with Crippen LogP contribution in [-0.2, 0) is 16.0 Å². The van der Waals surface area contributed by atoms with Crippen LogP contribution in [0.1, 0.15) is 34.7 Å². The van der Waals surface area contributed by atoms with E-state index in [1.165, 1.54) is 26.5 Å². The van der Waals surface area contributed by atoms with Crippen molar-refractivity contribution in [1.82, 2.24) is 9.80 Å². The van der Waals surface area contributed by atoms with Crippen molar-refractivity contribution < 1.29 is 18.7 Å². The molecule has 24 heavy (non-hydrogen) atoms. The van der Waals surface area contributed by atoms with Crippen LogP contribution in [0.3, 0.4) is 0 Å². The number of esters is 1. The molecule has 0 radical (unpaired) electrons. The lowest BCUT2D eigenvalue weighted by Crippen LogP contribution is -2.42. The maximum atomic E-state index is 11.6. The predicted molar refractivity (Wildman–Crippen MR) is 90.0 cm³/mol. The third kappa shape index (κ3) is 4.37. The quantitative estimate of drug-likeness (QED) is 0.766. The molecule has 0 N–H and O–H groups in total. The molecule has 6 heteroatoms. The van der Waals surface area contributed by atoms with Crippen molar-refractivity contribution in [2.45, 2.75) is 26.3 Å². The van der Waals surface area contributed by atoms with E-state index in [9.17, 15) is 4.79 Å². The molecule has 0 saturated carbocycles. The summed E-state index contributed by atoms with van der Waals surface area (Å²) in [5, 5.41) is 0. The van der Waals surface area contributed by atoms with E-state index >= 15 is 0 Å². The van der Waals surface area contributed by atoms with Gasteiger partial charge in [0.2, 0.25) is 5.76 Å². The minimum absolute atomic E-state index is 0.328. The van der Waals surface area contributed by atoms with Gasteiger partial charge >= 0.3 is 5.97 Å². The highest BCUT2D eigenvalue weighted by atomic mass is 16.5. The number of hydrogen-bond acceptors (Lipinski definition) is 6. The lowest BCUT2D eigenvalue weighted by Gasteiger charge is -2.35. The third-order valence-electron chi connectivity index (χ3n) is 5.05. The van der Waals surface area contributed by atoms with Gasteiger partial charge in [-0.1, -0.05) is 0 Å². The average molecular weight is 336 g/mol. The Bertz CT molecular complexity index is 543. The Hall–Kier alpha value is -1.37. The minimum atomic E-state index is -0.400. The van der Waals surface area contributed by atoms with Gasteiger partial charge in [-0.15, -0.1) is 0 Å². The van der Waals surface area contributed by atoms with E-state index in [4.69, 9.17) is 13.9 Å². The second kappa shape index (κ2) is 8.14. The molecule has 0 atom stereocenters. The normalized spacial score (nSPS) is 21.1. The fraction of sp³-hybridized carbons (Fsp3) is 0.722. The molecule has 134 valence electrons. The van der Waals surface area contributed by atoms with Gasteiger partial charge < -0.3 is 13.9 Å². The molecule has 3 rings (SSSR count). The summed E-state index contributed by atoms with van der Waals surface area (Å²) >= 11 is 0. The van der Waals surface area contributed by atoms with E-state index in [2.05, 4.69) is 9.80 Å². The summed E-state index contributed by atoms with van der Waals surface area (Å²) in [6.07, 6.45) is 2.45. The highest BCUT2D eigenvalue weighted by Crippen LogP contribution is 2.22. The number of furan rings is 1. The van der Waals surface area contributed by atoms with Crippen molar-refractivity contribution in [3.8, 4) is 0 Å². The molecule has 2 aliphatic heterocycles. The molecule has 2 saturated heterocycles. The average Bonchev–Trinajstić information content (AvgIpc) is 2.97. The number of methoxy groups -OCH3 is 1. The number of piperidine rings is 1. The van der Waals surface area contributed by atoms with Crippen LogP contribution in [0.25, 0.3) is 0 Å². The van der Waals surface area contributed by atoms with Crippen molar-refractivity contribution in [3.05, 3.63) is 23.2 Å². The third-order valence-corrected chi connectivity index (χ3v) is 5.05. The summed E-state index contributed by atoms with van der Waals surface area (Å²) in [6.45, 7) is 9.91. The molecular weight excluding hydrogens is 308 g/mol. The van der Waals surface area contributed by atoms with Crippen LogP contribution in [0, 0.1) is 12.8 Å². The van der Waals surface area contributed by atoms with E-state index < -0.39 is 5.97 Å². The topological polar surface area (TPSA) is 55.2 Å². The van der Waals surface area contributed by atoms with Crippen LogP contribution < -0.4 is 0 Å². The lowest BCUT2D eigenvalue weighted by atomic mass is 9.96. The minimum Gasteiger partial charge on any atom is -0.463 e. The van der Waals surface area contributed by atoms with Crippen LogP contribution >= 0.6 is 0 Å². The van der Waals surface area contributed by atoms with E-state index in [-0.39, 0.29) is 0 Å². The molecule has 6 nitrogen and oxygen atoms in total. The first-order valence-electron chi connectivity index (χ1n) is 8.86. The molecule has 0 bridgehead atoms. The first-order valence-corrected chi connectivity index (χ1v) is 8.86. The Morgan fingerprint density at radius 2 is 1.92 bits per heavy atom. The number of nitrogens with zero attached hydrogens (tertiary/aromatic N) is 2. The van der Waals surface area contributed by atoms with Crippen molar-refractivity contribution in [2.24, 2.45) is 5.92 Å². The van der Waals surface area contributed by atoms with Crippen molar-refractivity contribution >= 4 is 5.97 Å². The zero-order valence-corrected chi connectivity index (χ0v) is 14.8. The molecule has 2 aliphatic rings. The van der Waals surface area contributed by atoms with Gasteiger partial charge in [0.15, 0.2) is 0 Å².